The predicted molar refractivity (Wildman–Crippen MR) is 85.9 cm³/mol. The molecule has 0 aliphatic carbocycles. The lowest BCUT2D eigenvalue weighted by Gasteiger charge is -2.16. The van der Waals surface area contributed by atoms with Crippen molar-refractivity contribution in [3.8, 4) is 5.75 Å². The molecule has 2 rings (SSSR count). The van der Waals surface area contributed by atoms with E-state index in [2.05, 4.69) is 15.9 Å². The number of hydrogen-bond donors (Lipinski definition) is 0. The molecule has 1 heterocycles. The van der Waals surface area contributed by atoms with Gasteiger partial charge in [0.1, 0.15) is 12.4 Å². The summed E-state index contributed by atoms with van der Waals surface area (Å²) in [6.45, 7) is 0.966. The first-order chi connectivity index (χ1) is 9.56. The van der Waals surface area contributed by atoms with E-state index in [9.17, 15) is 4.79 Å². The van der Waals surface area contributed by atoms with Crippen LogP contribution in [0, 0.1) is 0 Å². The maximum atomic E-state index is 12.1. The molecule has 0 atom stereocenters. The Bertz CT molecular complexity index is 585. The summed E-state index contributed by atoms with van der Waals surface area (Å²) in [6.07, 6.45) is 0. The lowest BCUT2D eigenvalue weighted by atomic mass is 10.3. The van der Waals surface area contributed by atoms with Crippen LogP contribution in [0.5, 0.6) is 5.75 Å². The van der Waals surface area contributed by atoms with Gasteiger partial charge >= 0.3 is 0 Å². The van der Waals surface area contributed by atoms with Crippen LogP contribution in [0.1, 0.15) is 9.67 Å². The number of carbonyl (C=O) groups excluding carboxylic acids is 1. The standard InChI is InChI=1S/C14H13BrClNO2S/c1-17(14(18)12-6-7-13(15)20-12)8-9-19-11-4-2-10(16)3-5-11/h2-7H,8-9H2,1H3. The Labute approximate surface area is 135 Å². The molecule has 0 N–H and O–H groups in total. The fraction of sp³-hybridized carbons (Fsp3) is 0.214. The summed E-state index contributed by atoms with van der Waals surface area (Å²) in [6, 6.07) is 10.8. The number of benzene rings is 1. The summed E-state index contributed by atoms with van der Waals surface area (Å²) in [5, 5.41) is 0.674. The molecule has 0 saturated heterocycles. The van der Waals surface area contributed by atoms with E-state index in [-0.39, 0.29) is 5.91 Å². The second kappa shape index (κ2) is 7.11. The summed E-state index contributed by atoms with van der Waals surface area (Å²) in [5.74, 6) is 0.745. The Morgan fingerprint density at radius 1 is 1.30 bits per heavy atom. The topological polar surface area (TPSA) is 29.5 Å². The highest BCUT2D eigenvalue weighted by molar-refractivity contribution is 9.11. The maximum Gasteiger partial charge on any atom is 0.263 e. The number of carbonyl (C=O) groups is 1. The number of nitrogens with zero attached hydrogens (tertiary/aromatic N) is 1. The van der Waals surface area contributed by atoms with Crippen molar-refractivity contribution in [3.63, 3.8) is 0 Å². The van der Waals surface area contributed by atoms with E-state index in [1.54, 1.807) is 36.2 Å². The fourth-order valence-corrected chi connectivity index (χ4v) is 3.06. The number of hydrogen-bond acceptors (Lipinski definition) is 3. The molecule has 1 aromatic heterocycles. The van der Waals surface area contributed by atoms with Crippen molar-refractivity contribution in [1.82, 2.24) is 4.90 Å². The van der Waals surface area contributed by atoms with Gasteiger partial charge in [0, 0.05) is 12.1 Å². The van der Waals surface area contributed by atoms with Crippen LogP contribution < -0.4 is 4.74 Å². The summed E-state index contributed by atoms with van der Waals surface area (Å²) in [7, 11) is 1.77. The normalized spacial score (nSPS) is 10.3. The zero-order valence-electron chi connectivity index (χ0n) is 10.8. The van der Waals surface area contributed by atoms with Crippen LogP contribution in [0.2, 0.25) is 5.02 Å². The number of thiophene rings is 1. The highest BCUT2D eigenvalue weighted by atomic mass is 79.9. The van der Waals surface area contributed by atoms with E-state index in [1.807, 2.05) is 12.1 Å². The number of rotatable bonds is 5. The lowest BCUT2D eigenvalue weighted by Crippen LogP contribution is -2.30. The third kappa shape index (κ3) is 4.23. The van der Waals surface area contributed by atoms with Gasteiger partial charge in [0.05, 0.1) is 15.2 Å². The van der Waals surface area contributed by atoms with E-state index < -0.39 is 0 Å². The van der Waals surface area contributed by atoms with Gasteiger partial charge in [-0.25, -0.2) is 0 Å². The highest BCUT2D eigenvalue weighted by Gasteiger charge is 2.13. The van der Waals surface area contributed by atoms with Gasteiger partial charge in [0.15, 0.2) is 0 Å². The molecular weight excluding hydrogens is 362 g/mol. The highest BCUT2D eigenvalue weighted by Crippen LogP contribution is 2.23. The molecule has 0 bridgehead atoms. The second-order valence-electron chi connectivity index (χ2n) is 4.13. The van der Waals surface area contributed by atoms with Crippen molar-refractivity contribution >= 4 is 44.8 Å². The van der Waals surface area contributed by atoms with E-state index >= 15 is 0 Å². The van der Waals surface area contributed by atoms with E-state index in [0.29, 0.717) is 23.1 Å². The smallest absolute Gasteiger partial charge is 0.263 e. The van der Waals surface area contributed by atoms with Gasteiger partial charge in [-0.05, 0) is 52.3 Å². The third-order valence-corrected chi connectivity index (χ3v) is 4.50. The van der Waals surface area contributed by atoms with Crippen LogP contribution in [-0.4, -0.2) is 31.0 Å². The first-order valence-corrected chi connectivity index (χ1v) is 7.94. The zero-order chi connectivity index (χ0) is 14.5. The fourth-order valence-electron chi connectivity index (χ4n) is 1.55. The quantitative estimate of drug-likeness (QED) is 0.780. The van der Waals surface area contributed by atoms with E-state index in [0.717, 1.165) is 9.54 Å². The molecule has 3 nitrogen and oxygen atoms in total. The van der Waals surface area contributed by atoms with Crippen molar-refractivity contribution in [2.75, 3.05) is 20.2 Å². The second-order valence-corrected chi connectivity index (χ2v) is 7.03. The van der Waals surface area contributed by atoms with Gasteiger partial charge in [0.2, 0.25) is 0 Å². The number of amides is 1. The Morgan fingerprint density at radius 2 is 2.00 bits per heavy atom. The first kappa shape index (κ1) is 15.4. The molecular formula is C14H13BrClNO2S. The largest absolute Gasteiger partial charge is 0.492 e. The van der Waals surface area contributed by atoms with E-state index in [4.69, 9.17) is 16.3 Å². The molecule has 0 aliphatic rings. The van der Waals surface area contributed by atoms with Gasteiger partial charge in [0.25, 0.3) is 5.91 Å². The van der Waals surface area contributed by atoms with Gasteiger partial charge < -0.3 is 9.64 Å². The minimum Gasteiger partial charge on any atom is -0.492 e. The predicted octanol–water partition coefficient (Wildman–Crippen LogP) is 4.32. The van der Waals surface area contributed by atoms with Crippen molar-refractivity contribution < 1.29 is 9.53 Å². The summed E-state index contributed by atoms with van der Waals surface area (Å²) in [4.78, 5) is 14.4. The van der Waals surface area contributed by atoms with Crippen LogP contribution >= 0.6 is 38.9 Å². The Kier molecular flexibility index (Phi) is 5.46. The van der Waals surface area contributed by atoms with Crippen LogP contribution in [0.4, 0.5) is 0 Å². The first-order valence-electron chi connectivity index (χ1n) is 5.95. The van der Waals surface area contributed by atoms with Crippen molar-refractivity contribution in [2.45, 2.75) is 0 Å². The van der Waals surface area contributed by atoms with Crippen LogP contribution in [0.15, 0.2) is 40.2 Å². The lowest BCUT2D eigenvalue weighted by molar-refractivity contribution is 0.0778. The van der Waals surface area contributed by atoms with Crippen molar-refractivity contribution in [1.29, 1.82) is 0 Å². The number of likely N-dealkylation sites (N-methyl/N-ethyl adjacent to an activating group) is 1. The molecule has 6 heteroatoms. The van der Waals surface area contributed by atoms with Crippen molar-refractivity contribution in [3.05, 3.63) is 50.1 Å². The molecule has 1 aromatic carbocycles. The van der Waals surface area contributed by atoms with Crippen molar-refractivity contribution in [2.24, 2.45) is 0 Å². The molecule has 0 spiro atoms. The molecule has 106 valence electrons. The molecule has 2 aromatic rings. The number of ether oxygens (including phenoxy) is 1. The minimum atomic E-state index is 0.000376. The maximum absolute atomic E-state index is 12.1. The van der Waals surface area contributed by atoms with Crippen LogP contribution in [0.25, 0.3) is 0 Å². The monoisotopic (exact) mass is 373 g/mol. The van der Waals surface area contributed by atoms with Gasteiger partial charge in [-0.2, -0.15) is 0 Å². The van der Waals surface area contributed by atoms with E-state index in [1.165, 1.54) is 11.3 Å². The summed E-state index contributed by atoms with van der Waals surface area (Å²) in [5.41, 5.74) is 0. The SMILES string of the molecule is CN(CCOc1ccc(Cl)cc1)C(=O)c1ccc(Br)s1. The van der Waals surface area contributed by atoms with Gasteiger partial charge in [-0.15, -0.1) is 11.3 Å². The van der Waals surface area contributed by atoms with Gasteiger partial charge in [-0.3, -0.25) is 4.79 Å². The molecule has 20 heavy (non-hydrogen) atoms. The summed E-state index contributed by atoms with van der Waals surface area (Å²) >= 11 is 10.6. The Hall–Kier alpha value is -1.04. The molecule has 0 unspecified atom stereocenters. The van der Waals surface area contributed by atoms with Crippen LogP contribution in [-0.2, 0) is 0 Å². The average molecular weight is 375 g/mol. The van der Waals surface area contributed by atoms with Crippen LogP contribution in [0.3, 0.4) is 0 Å². The van der Waals surface area contributed by atoms with Gasteiger partial charge in [-0.1, -0.05) is 11.6 Å². The average Bonchev–Trinajstić information content (AvgIpc) is 2.86. The molecule has 1 amide bonds. The Balaban J connectivity index is 1.81. The molecule has 0 aliphatic heterocycles. The Morgan fingerprint density at radius 3 is 2.60 bits per heavy atom. The molecule has 0 saturated carbocycles. The molecule has 0 radical (unpaired) electrons. The zero-order valence-corrected chi connectivity index (χ0v) is 14.0. The summed E-state index contributed by atoms with van der Waals surface area (Å²) < 4.78 is 6.52. The number of halogens is 2. The molecule has 0 fully saturated rings. The third-order valence-electron chi connectivity index (χ3n) is 2.64. The minimum absolute atomic E-state index is 0.000376.